The molecule has 2 aliphatic rings. The standard InChI is InChI=1S/C20H39N5O2/c1-6-21-18(22-13-16(2)14-24-10-7-8-11-24)25-12-9-17(15-25)23-19(26)27-20(3,4)5/h16-17H,6-15H2,1-5H3,(H,21,22)(H,23,26). The van der Waals surface area contributed by atoms with E-state index in [1.165, 1.54) is 25.9 Å². The second-order valence-corrected chi connectivity index (χ2v) is 8.89. The molecule has 0 spiro atoms. The van der Waals surface area contributed by atoms with Crippen LogP contribution in [-0.2, 0) is 4.74 Å². The molecule has 2 rings (SSSR count). The molecule has 0 aliphatic carbocycles. The van der Waals surface area contributed by atoms with Crippen LogP contribution >= 0.6 is 0 Å². The topological polar surface area (TPSA) is 69.2 Å². The molecule has 27 heavy (non-hydrogen) atoms. The molecule has 1 amide bonds. The lowest BCUT2D eigenvalue weighted by molar-refractivity contribution is 0.0507. The van der Waals surface area contributed by atoms with E-state index >= 15 is 0 Å². The Kier molecular flexibility index (Phi) is 8.20. The lowest BCUT2D eigenvalue weighted by atomic mass is 10.2. The average molecular weight is 382 g/mol. The summed E-state index contributed by atoms with van der Waals surface area (Å²) in [5.74, 6) is 1.51. The van der Waals surface area contributed by atoms with E-state index in [0.717, 1.165) is 45.1 Å². The number of hydrogen-bond acceptors (Lipinski definition) is 4. The Morgan fingerprint density at radius 1 is 1.26 bits per heavy atom. The van der Waals surface area contributed by atoms with Gasteiger partial charge in [-0.15, -0.1) is 0 Å². The molecule has 0 aromatic heterocycles. The van der Waals surface area contributed by atoms with E-state index in [2.05, 4.69) is 34.3 Å². The Bertz CT molecular complexity index is 497. The Morgan fingerprint density at radius 2 is 1.96 bits per heavy atom. The molecule has 0 bridgehead atoms. The highest BCUT2D eigenvalue weighted by Crippen LogP contribution is 2.13. The fourth-order valence-corrected chi connectivity index (χ4v) is 3.68. The Hall–Kier alpha value is -1.50. The first-order valence-corrected chi connectivity index (χ1v) is 10.5. The summed E-state index contributed by atoms with van der Waals surface area (Å²) in [6.07, 6.45) is 3.24. The fourth-order valence-electron chi connectivity index (χ4n) is 3.68. The van der Waals surface area contributed by atoms with Crippen molar-refractivity contribution in [2.45, 2.75) is 65.5 Å². The SMILES string of the molecule is CCNC(=NCC(C)CN1CCCC1)N1CCC(NC(=O)OC(C)(C)C)C1. The van der Waals surface area contributed by atoms with Gasteiger partial charge in [-0.05, 0) is 66.0 Å². The second kappa shape index (κ2) is 10.2. The van der Waals surface area contributed by atoms with Gasteiger partial charge in [-0.1, -0.05) is 6.92 Å². The molecule has 2 N–H and O–H groups in total. The number of carbonyl (C=O) groups excluding carboxylic acids is 1. The van der Waals surface area contributed by atoms with E-state index < -0.39 is 5.60 Å². The first kappa shape index (κ1) is 21.8. The third-order valence-corrected chi connectivity index (χ3v) is 4.86. The molecule has 2 aliphatic heterocycles. The molecule has 2 unspecified atom stereocenters. The van der Waals surface area contributed by atoms with Crippen molar-refractivity contribution in [2.24, 2.45) is 10.9 Å². The summed E-state index contributed by atoms with van der Waals surface area (Å²) in [6.45, 7) is 17.0. The minimum absolute atomic E-state index is 0.103. The lowest BCUT2D eigenvalue weighted by Gasteiger charge is -2.24. The van der Waals surface area contributed by atoms with Gasteiger partial charge in [0, 0.05) is 32.7 Å². The molecule has 0 aromatic rings. The minimum atomic E-state index is -0.468. The van der Waals surface area contributed by atoms with Crippen LogP contribution in [0.25, 0.3) is 0 Å². The fraction of sp³-hybridized carbons (Fsp3) is 0.900. The number of nitrogens with zero attached hydrogens (tertiary/aromatic N) is 3. The van der Waals surface area contributed by atoms with Crippen molar-refractivity contribution in [2.75, 3.05) is 45.8 Å². The molecule has 2 saturated heterocycles. The van der Waals surface area contributed by atoms with Crippen LogP contribution in [-0.4, -0.2) is 79.3 Å². The summed E-state index contributed by atoms with van der Waals surface area (Å²) in [5.41, 5.74) is -0.468. The normalized spacial score (nSPS) is 22.8. The van der Waals surface area contributed by atoms with Crippen LogP contribution in [0.5, 0.6) is 0 Å². The van der Waals surface area contributed by atoms with Gasteiger partial charge < -0.3 is 25.2 Å². The van der Waals surface area contributed by atoms with Crippen molar-refractivity contribution in [1.29, 1.82) is 0 Å². The highest BCUT2D eigenvalue weighted by molar-refractivity contribution is 5.80. The van der Waals surface area contributed by atoms with Gasteiger partial charge in [-0.25, -0.2) is 4.79 Å². The first-order chi connectivity index (χ1) is 12.8. The molecule has 7 heteroatoms. The van der Waals surface area contributed by atoms with Gasteiger partial charge in [0.1, 0.15) is 5.60 Å². The monoisotopic (exact) mass is 381 g/mol. The molecule has 2 atom stereocenters. The zero-order chi connectivity index (χ0) is 19.9. The number of aliphatic imine (C=N–C) groups is 1. The maximum Gasteiger partial charge on any atom is 0.407 e. The summed E-state index contributed by atoms with van der Waals surface area (Å²) in [6, 6.07) is 0.103. The van der Waals surface area contributed by atoms with E-state index in [1.54, 1.807) is 0 Å². The molecular formula is C20H39N5O2. The zero-order valence-corrected chi connectivity index (χ0v) is 17.9. The van der Waals surface area contributed by atoms with Gasteiger partial charge in [0.05, 0.1) is 6.04 Å². The number of ether oxygens (including phenoxy) is 1. The maximum atomic E-state index is 12.0. The van der Waals surface area contributed by atoms with E-state index in [4.69, 9.17) is 9.73 Å². The number of hydrogen-bond donors (Lipinski definition) is 2. The van der Waals surface area contributed by atoms with E-state index in [1.807, 2.05) is 20.8 Å². The number of nitrogens with one attached hydrogen (secondary N) is 2. The summed E-state index contributed by atoms with van der Waals surface area (Å²) < 4.78 is 5.37. The van der Waals surface area contributed by atoms with Crippen LogP contribution in [0.15, 0.2) is 4.99 Å². The van der Waals surface area contributed by atoms with Crippen LogP contribution in [0.3, 0.4) is 0 Å². The lowest BCUT2D eigenvalue weighted by Crippen LogP contribution is -2.44. The summed E-state index contributed by atoms with van der Waals surface area (Å²) in [4.78, 5) is 21.7. The van der Waals surface area contributed by atoms with Crippen molar-refractivity contribution in [3.63, 3.8) is 0 Å². The maximum absolute atomic E-state index is 12.0. The summed E-state index contributed by atoms with van der Waals surface area (Å²) >= 11 is 0. The minimum Gasteiger partial charge on any atom is -0.444 e. The third-order valence-electron chi connectivity index (χ3n) is 4.86. The van der Waals surface area contributed by atoms with Gasteiger partial charge in [0.2, 0.25) is 0 Å². The molecule has 0 saturated carbocycles. The molecule has 0 aromatic carbocycles. The zero-order valence-electron chi connectivity index (χ0n) is 17.9. The molecule has 0 radical (unpaired) electrons. The highest BCUT2D eigenvalue weighted by Gasteiger charge is 2.28. The largest absolute Gasteiger partial charge is 0.444 e. The number of carbonyl (C=O) groups is 1. The predicted octanol–water partition coefficient (Wildman–Crippen LogP) is 2.28. The van der Waals surface area contributed by atoms with Gasteiger partial charge >= 0.3 is 6.09 Å². The molecular weight excluding hydrogens is 342 g/mol. The van der Waals surface area contributed by atoms with E-state index in [0.29, 0.717) is 5.92 Å². The van der Waals surface area contributed by atoms with Crippen LogP contribution < -0.4 is 10.6 Å². The smallest absolute Gasteiger partial charge is 0.407 e. The number of guanidine groups is 1. The van der Waals surface area contributed by atoms with Gasteiger partial charge in [0.15, 0.2) is 5.96 Å². The predicted molar refractivity (Wildman–Crippen MR) is 110 cm³/mol. The molecule has 2 heterocycles. The van der Waals surface area contributed by atoms with Crippen LogP contribution in [0.2, 0.25) is 0 Å². The van der Waals surface area contributed by atoms with Gasteiger partial charge in [0.25, 0.3) is 0 Å². The second-order valence-electron chi connectivity index (χ2n) is 8.89. The Morgan fingerprint density at radius 3 is 2.59 bits per heavy atom. The highest BCUT2D eigenvalue weighted by atomic mass is 16.6. The number of amides is 1. The van der Waals surface area contributed by atoms with Gasteiger partial charge in [-0.2, -0.15) is 0 Å². The summed E-state index contributed by atoms with van der Waals surface area (Å²) in [7, 11) is 0. The number of alkyl carbamates (subject to hydrolysis) is 1. The van der Waals surface area contributed by atoms with Crippen LogP contribution in [0.1, 0.15) is 53.9 Å². The number of rotatable bonds is 6. The third kappa shape index (κ3) is 7.95. The molecule has 156 valence electrons. The average Bonchev–Trinajstić information content (AvgIpc) is 3.21. The first-order valence-electron chi connectivity index (χ1n) is 10.5. The Balaban J connectivity index is 1.82. The van der Waals surface area contributed by atoms with Crippen LogP contribution in [0.4, 0.5) is 4.79 Å². The molecule has 7 nitrogen and oxygen atoms in total. The van der Waals surface area contributed by atoms with Crippen molar-refractivity contribution >= 4 is 12.1 Å². The molecule has 2 fully saturated rings. The summed E-state index contributed by atoms with van der Waals surface area (Å²) in [5, 5.41) is 6.39. The van der Waals surface area contributed by atoms with Crippen molar-refractivity contribution in [3.8, 4) is 0 Å². The van der Waals surface area contributed by atoms with E-state index in [-0.39, 0.29) is 12.1 Å². The van der Waals surface area contributed by atoms with Crippen molar-refractivity contribution in [3.05, 3.63) is 0 Å². The van der Waals surface area contributed by atoms with Gasteiger partial charge in [-0.3, -0.25) is 4.99 Å². The van der Waals surface area contributed by atoms with E-state index in [9.17, 15) is 4.79 Å². The van der Waals surface area contributed by atoms with Crippen molar-refractivity contribution < 1.29 is 9.53 Å². The Labute approximate surface area is 164 Å². The quantitative estimate of drug-likeness (QED) is 0.546. The van der Waals surface area contributed by atoms with Crippen molar-refractivity contribution in [1.82, 2.24) is 20.4 Å². The van der Waals surface area contributed by atoms with Crippen LogP contribution in [0, 0.1) is 5.92 Å². The number of likely N-dealkylation sites (tertiary alicyclic amines) is 2.